The van der Waals surface area contributed by atoms with Gasteiger partial charge in [-0.05, 0) is 80.7 Å². The third-order valence-corrected chi connectivity index (χ3v) is 4.48. The van der Waals surface area contributed by atoms with Crippen LogP contribution in [0.4, 0.5) is 5.69 Å². The highest BCUT2D eigenvalue weighted by molar-refractivity contribution is 7.80. The molecule has 144 valence electrons. The minimum atomic E-state index is -0.275. The molecule has 3 rings (SSSR count). The molecule has 0 saturated carbocycles. The minimum absolute atomic E-state index is 0.275. The lowest BCUT2D eigenvalue weighted by atomic mass is 10.2. The van der Waals surface area contributed by atoms with Gasteiger partial charge in [-0.25, -0.2) is 0 Å². The molecule has 0 radical (unpaired) electrons. The fourth-order valence-corrected chi connectivity index (χ4v) is 3.05. The van der Waals surface area contributed by atoms with Crippen molar-refractivity contribution in [2.24, 2.45) is 0 Å². The van der Waals surface area contributed by atoms with Crippen molar-refractivity contribution in [3.8, 4) is 11.4 Å². The zero-order chi connectivity index (χ0) is 20.1. The van der Waals surface area contributed by atoms with E-state index in [0.29, 0.717) is 5.56 Å². The van der Waals surface area contributed by atoms with Gasteiger partial charge >= 0.3 is 0 Å². The number of aromatic nitrogens is 1. The molecule has 0 bridgehead atoms. The number of thiocarbonyl (C=S) groups is 1. The highest BCUT2D eigenvalue weighted by atomic mass is 32.1. The van der Waals surface area contributed by atoms with E-state index in [1.807, 2.05) is 68.4 Å². The first kappa shape index (κ1) is 19.4. The predicted octanol–water partition coefficient (Wildman–Crippen LogP) is 3.73. The van der Waals surface area contributed by atoms with Crippen LogP contribution in [0, 0.1) is 13.8 Å². The summed E-state index contributed by atoms with van der Waals surface area (Å²) in [7, 11) is 1.61. The molecule has 3 aromatic rings. The molecule has 0 fully saturated rings. The van der Waals surface area contributed by atoms with E-state index in [4.69, 9.17) is 17.0 Å². The summed E-state index contributed by atoms with van der Waals surface area (Å²) < 4.78 is 7.22. The normalized spacial score (nSPS) is 10.2. The van der Waals surface area contributed by atoms with Gasteiger partial charge in [-0.15, -0.1) is 0 Å². The SMILES string of the molecule is COc1ccc(NC(=S)NNC(=O)c2cccc(-n3c(C)ccc3C)c2)cc1. The zero-order valence-corrected chi connectivity index (χ0v) is 16.8. The van der Waals surface area contributed by atoms with Crippen molar-refractivity contribution < 1.29 is 9.53 Å². The van der Waals surface area contributed by atoms with Crippen LogP contribution in [-0.2, 0) is 0 Å². The van der Waals surface area contributed by atoms with Crippen LogP contribution in [0.15, 0.2) is 60.7 Å². The van der Waals surface area contributed by atoms with Crippen molar-refractivity contribution in [2.75, 3.05) is 12.4 Å². The van der Waals surface area contributed by atoms with E-state index < -0.39 is 0 Å². The standard InChI is InChI=1S/C21H22N4O2S/c1-14-7-8-15(2)25(14)18-6-4-5-16(13-18)20(26)23-24-21(28)22-17-9-11-19(27-3)12-10-17/h4-13H,1-3H3,(H,23,26)(H2,22,24,28). The van der Waals surface area contributed by atoms with Crippen molar-refractivity contribution in [2.45, 2.75) is 13.8 Å². The number of carbonyl (C=O) groups excluding carboxylic acids is 1. The molecular weight excluding hydrogens is 372 g/mol. The molecule has 1 amide bonds. The number of hydrazine groups is 1. The Bertz CT molecular complexity index is 976. The lowest BCUT2D eigenvalue weighted by molar-refractivity contribution is 0.0944. The summed E-state index contributed by atoms with van der Waals surface area (Å²) in [5.41, 5.74) is 9.81. The first-order valence-corrected chi connectivity index (χ1v) is 9.15. The minimum Gasteiger partial charge on any atom is -0.497 e. The van der Waals surface area contributed by atoms with Gasteiger partial charge in [0, 0.05) is 28.3 Å². The maximum absolute atomic E-state index is 12.5. The first-order chi connectivity index (χ1) is 13.5. The molecule has 0 unspecified atom stereocenters. The Labute approximate surface area is 169 Å². The quantitative estimate of drug-likeness (QED) is 0.465. The highest BCUT2D eigenvalue weighted by Crippen LogP contribution is 2.17. The van der Waals surface area contributed by atoms with E-state index in [2.05, 4.69) is 20.7 Å². The maximum Gasteiger partial charge on any atom is 0.269 e. The Hall–Kier alpha value is -3.32. The first-order valence-electron chi connectivity index (χ1n) is 8.74. The van der Waals surface area contributed by atoms with E-state index in [0.717, 1.165) is 28.5 Å². The Morgan fingerprint density at radius 1 is 0.964 bits per heavy atom. The number of hydrogen-bond donors (Lipinski definition) is 3. The molecule has 0 aliphatic carbocycles. The number of hydrogen-bond acceptors (Lipinski definition) is 3. The van der Waals surface area contributed by atoms with Gasteiger partial charge in [-0.1, -0.05) is 6.07 Å². The van der Waals surface area contributed by atoms with Gasteiger partial charge < -0.3 is 14.6 Å². The molecule has 0 aliphatic rings. The van der Waals surface area contributed by atoms with Gasteiger partial charge in [0.05, 0.1) is 7.11 Å². The van der Waals surface area contributed by atoms with Crippen molar-refractivity contribution in [3.63, 3.8) is 0 Å². The Kier molecular flexibility index (Phi) is 5.96. The van der Waals surface area contributed by atoms with Gasteiger partial charge in [0.25, 0.3) is 5.91 Å². The molecule has 6 nitrogen and oxygen atoms in total. The van der Waals surface area contributed by atoms with Gasteiger partial charge in [0.2, 0.25) is 0 Å². The van der Waals surface area contributed by atoms with Crippen LogP contribution in [0.5, 0.6) is 5.75 Å². The average molecular weight is 395 g/mol. The summed E-state index contributed by atoms with van der Waals surface area (Å²) in [6.45, 7) is 4.06. The second-order valence-corrected chi connectivity index (χ2v) is 6.67. The zero-order valence-electron chi connectivity index (χ0n) is 15.9. The van der Waals surface area contributed by atoms with Crippen LogP contribution >= 0.6 is 12.2 Å². The van der Waals surface area contributed by atoms with E-state index in [1.165, 1.54) is 0 Å². The Balaban J connectivity index is 1.61. The van der Waals surface area contributed by atoms with E-state index in [-0.39, 0.29) is 11.0 Å². The smallest absolute Gasteiger partial charge is 0.269 e. The number of nitrogens with zero attached hydrogens (tertiary/aromatic N) is 1. The molecule has 0 spiro atoms. The van der Waals surface area contributed by atoms with Crippen LogP contribution in [-0.4, -0.2) is 22.7 Å². The number of ether oxygens (including phenoxy) is 1. The summed E-state index contributed by atoms with van der Waals surface area (Å²) in [5, 5.41) is 3.28. The van der Waals surface area contributed by atoms with Crippen molar-refractivity contribution in [3.05, 3.63) is 77.6 Å². The van der Waals surface area contributed by atoms with Crippen LogP contribution in [0.1, 0.15) is 21.7 Å². The molecule has 1 aromatic heterocycles. The number of aryl methyl sites for hydroxylation is 2. The maximum atomic E-state index is 12.5. The van der Waals surface area contributed by atoms with Crippen LogP contribution in [0.2, 0.25) is 0 Å². The summed E-state index contributed by atoms with van der Waals surface area (Å²) in [6.07, 6.45) is 0. The molecule has 0 saturated heterocycles. The third-order valence-electron chi connectivity index (χ3n) is 4.28. The van der Waals surface area contributed by atoms with Crippen molar-refractivity contribution >= 4 is 28.9 Å². The Morgan fingerprint density at radius 2 is 1.64 bits per heavy atom. The number of amides is 1. The summed E-state index contributed by atoms with van der Waals surface area (Å²) in [5.74, 6) is 0.481. The Morgan fingerprint density at radius 3 is 2.29 bits per heavy atom. The van der Waals surface area contributed by atoms with Gasteiger partial charge in [0.1, 0.15) is 5.75 Å². The molecule has 3 N–H and O–H groups in total. The number of anilines is 1. The van der Waals surface area contributed by atoms with Crippen molar-refractivity contribution in [1.82, 2.24) is 15.4 Å². The molecule has 2 aromatic carbocycles. The lowest BCUT2D eigenvalue weighted by Gasteiger charge is -2.13. The van der Waals surface area contributed by atoms with E-state index in [9.17, 15) is 4.79 Å². The van der Waals surface area contributed by atoms with Gasteiger partial charge in [-0.2, -0.15) is 0 Å². The fraction of sp³-hybridized carbons (Fsp3) is 0.143. The fourth-order valence-electron chi connectivity index (χ4n) is 2.88. The molecule has 0 atom stereocenters. The summed E-state index contributed by atoms with van der Waals surface area (Å²) in [4.78, 5) is 12.5. The number of benzene rings is 2. The van der Waals surface area contributed by atoms with Crippen molar-refractivity contribution in [1.29, 1.82) is 0 Å². The second-order valence-electron chi connectivity index (χ2n) is 6.26. The number of methoxy groups -OCH3 is 1. The topological polar surface area (TPSA) is 67.3 Å². The molecule has 28 heavy (non-hydrogen) atoms. The summed E-state index contributed by atoms with van der Waals surface area (Å²) >= 11 is 5.22. The molecule has 1 heterocycles. The molecule has 0 aliphatic heterocycles. The highest BCUT2D eigenvalue weighted by Gasteiger charge is 2.09. The second kappa shape index (κ2) is 8.58. The monoisotopic (exact) mass is 394 g/mol. The number of nitrogens with one attached hydrogen (secondary N) is 3. The van der Waals surface area contributed by atoms with E-state index >= 15 is 0 Å². The van der Waals surface area contributed by atoms with Gasteiger partial charge in [-0.3, -0.25) is 15.6 Å². The summed E-state index contributed by atoms with van der Waals surface area (Å²) in [6, 6.07) is 18.8. The third kappa shape index (κ3) is 4.50. The lowest BCUT2D eigenvalue weighted by Crippen LogP contribution is -2.43. The number of carbonyl (C=O) groups is 1. The number of rotatable bonds is 4. The van der Waals surface area contributed by atoms with Gasteiger partial charge in [0.15, 0.2) is 5.11 Å². The largest absolute Gasteiger partial charge is 0.497 e. The molecule has 7 heteroatoms. The molecular formula is C21H22N4O2S. The predicted molar refractivity (Wildman–Crippen MR) is 115 cm³/mol. The van der Waals surface area contributed by atoms with E-state index in [1.54, 1.807) is 13.2 Å². The van der Waals surface area contributed by atoms with Crippen LogP contribution < -0.4 is 20.9 Å². The van der Waals surface area contributed by atoms with Crippen LogP contribution in [0.25, 0.3) is 5.69 Å². The average Bonchev–Trinajstić information content (AvgIpc) is 3.05. The van der Waals surface area contributed by atoms with Crippen LogP contribution in [0.3, 0.4) is 0 Å².